The molecule has 1 N–H and O–H groups in total. The normalized spacial score (nSPS) is 21.2. The monoisotopic (exact) mass is 448 g/mol. The van der Waals surface area contributed by atoms with Gasteiger partial charge in [0.05, 0.1) is 5.69 Å². The number of anilines is 2. The quantitative estimate of drug-likeness (QED) is 0.756. The maximum atomic E-state index is 11.9. The van der Waals surface area contributed by atoms with Crippen LogP contribution in [0.4, 0.5) is 11.5 Å². The summed E-state index contributed by atoms with van der Waals surface area (Å²) in [7, 11) is 1.95. The van der Waals surface area contributed by atoms with Crippen LogP contribution in [0.2, 0.25) is 0 Å². The summed E-state index contributed by atoms with van der Waals surface area (Å²) in [5.41, 5.74) is 5.21. The Balaban J connectivity index is 1.36. The zero-order chi connectivity index (χ0) is 22.8. The molecule has 33 heavy (non-hydrogen) atoms. The molecule has 176 valence electrons. The van der Waals surface area contributed by atoms with E-state index in [2.05, 4.69) is 39.4 Å². The summed E-state index contributed by atoms with van der Waals surface area (Å²) in [6.45, 7) is 8.37. The first kappa shape index (κ1) is 22.1. The number of para-hydroxylation sites is 1. The Morgan fingerprint density at radius 3 is 2.70 bits per heavy atom. The van der Waals surface area contributed by atoms with Gasteiger partial charge >= 0.3 is 0 Å². The molecule has 0 bridgehead atoms. The van der Waals surface area contributed by atoms with Crippen molar-refractivity contribution in [3.63, 3.8) is 0 Å². The van der Waals surface area contributed by atoms with Gasteiger partial charge in [-0.25, -0.2) is 9.97 Å². The van der Waals surface area contributed by atoms with E-state index < -0.39 is 0 Å². The van der Waals surface area contributed by atoms with Crippen molar-refractivity contribution < 1.29 is 4.79 Å². The van der Waals surface area contributed by atoms with Gasteiger partial charge in [-0.1, -0.05) is 18.2 Å². The largest absolute Gasteiger partial charge is 0.373 e. The topological polar surface area (TPSA) is 64.6 Å². The first-order valence-corrected chi connectivity index (χ1v) is 12.5. The number of hydrogen-bond donors (Lipinski definition) is 1. The van der Waals surface area contributed by atoms with Gasteiger partial charge < -0.3 is 15.1 Å². The lowest BCUT2D eigenvalue weighted by Crippen LogP contribution is -2.38. The van der Waals surface area contributed by atoms with Gasteiger partial charge in [0.1, 0.15) is 11.6 Å². The second kappa shape index (κ2) is 9.67. The third-order valence-electron chi connectivity index (χ3n) is 7.46. The molecule has 0 saturated carbocycles. The minimum Gasteiger partial charge on any atom is -0.373 e. The molecule has 2 saturated heterocycles. The molecular formula is C26H36N6O. The van der Waals surface area contributed by atoms with Crippen LogP contribution in [0.15, 0.2) is 24.3 Å². The molecule has 1 aromatic heterocycles. The standard InChI is InChI=1S/C26H36N6O/c1-19(33)32-14-7-9-21(17-32)25-28-23-18-30(15-11-22(23)26(27-2)29-25)16-20-8-3-4-10-24(20)31-12-5-6-13-31/h3-4,8,10,21H,5-7,9,11-18H2,1-2H3,(H,27,28,29)/t21-/m1/s1. The Labute approximate surface area is 197 Å². The van der Waals surface area contributed by atoms with E-state index >= 15 is 0 Å². The van der Waals surface area contributed by atoms with Crippen molar-refractivity contribution >= 4 is 17.4 Å². The summed E-state index contributed by atoms with van der Waals surface area (Å²) >= 11 is 0. The Bertz CT molecular complexity index is 1000. The predicted molar refractivity (Wildman–Crippen MR) is 132 cm³/mol. The van der Waals surface area contributed by atoms with Crippen molar-refractivity contribution in [2.45, 2.75) is 58.0 Å². The van der Waals surface area contributed by atoms with Crippen LogP contribution < -0.4 is 10.2 Å². The maximum Gasteiger partial charge on any atom is 0.219 e. The predicted octanol–water partition coefficient (Wildman–Crippen LogP) is 3.40. The summed E-state index contributed by atoms with van der Waals surface area (Å²) in [4.78, 5) is 28.9. The van der Waals surface area contributed by atoms with Crippen LogP contribution in [-0.4, -0.2) is 65.4 Å². The molecule has 1 amide bonds. The first-order valence-electron chi connectivity index (χ1n) is 12.5. The highest BCUT2D eigenvalue weighted by molar-refractivity contribution is 5.73. The van der Waals surface area contributed by atoms with Crippen molar-refractivity contribution in [2.24, 2.45) is 0 Å². The van der Waals surface area contributed by atoms with Crippen LogP contribution in [0.3, 0.4) is 0 Å². The third-order valence-corrected chi connectivity index (χ3v) is 7.46. The number of nitrogens with one attached hydrogen (secondary N) is 1. The average Bonchev–Trinajstić information content (AvgIpc) is 3.38. The summed E-state index contributed by atoms with van der Waals surface area (Å²) in [6, 6.07) is 8.89. The highest BCUT2D eigenvalue weighted by atomic mass is 16.2. The number of carbonyl (C=O) groups is 1. The lowest BCUT2D eigenvalue weighted by molar-refractivity contribution is -0.130. The fourth-order valence-electron chi connectivity index (χ4n) is 5.65. The third kappa shape index (κ3) is 4.69. The molecule has 3 aliphatic rings. The van der Waals surface area contributed by atoms with E-state index in [9.17, 15) is 4.79 Å². The minimum atomic E-state index is 0.148. The van der Waals surface area contributed by atoms with Gasteiger partial charge in [-0.05, 0) is 43.7 Å². The lowest BCUT2D eigenvalue weighted by atomic mass is 9.96. The highest BCUT2D eigenvalue weighted by Gasteiger charge is 2.29. The fraction of sp³-hybridized carbons (Fsp3) is 0.577. The van der Waals surface area contributed by atoms with E-state index in [-0.39, 0.29) is 11.8 Å². The van der Waals surface area contributed by atoms with Crippen LogP contribution in [0.5, 0.6) is 0 Å². The highest BCUT2D eigenvalue weighted by Crippen LogP contribution is 2.31. The zero-order valence-corrected chi connectivity index (χ0v) is 20.0. The van der Waals surface area contributed by atoms with Crippen LogP contribution in [0, 0.1) is 0 Å². The van der Waals surface area contributed by atoms with Crippen molar-refractivity contribution in [2.75, 3.05) is 50.0 Å². The number of piperidine rings is 1. The smallest absolute Gasteiger partial charge is 0.219 e. The molecule has 0 spiro atoms. The number of nitrogens with zero attached hydrogens (tertiary/aromatic N) is 5. The molecular weight excluding hydrogens is 412 g/mol. The Morgan fingerprint density at radius 1 is 1.09 bits per heavy atom. The maximum absolute atomic E-state index is 11.9. The van der Waals surface area contributed by atoms with Gasteiger partial charge in [0.2, 0.25) is 5.91 Å². The molecule has 2 fully saturated rings. The second-order valence-electron chi connectivity index (χ2n) is 9.69. The fourth-order valence-corrected chi connectivity index (χ4v) is 5.65. The van der Waals surface area contributed by atoms with E-state index in [1.807, 2.05) is 11.9 Å². The van der Waals surface area contributed by atoms with E-state index in [4.69, 9.17) is 9.97 Å². The molecule has 4 heterocycles. The van der Waals surface area contributed by atoms with Crippen molar-refractivity contribution in [1.82, 2.24) is 19.8 Å². The van der Waals surface area contributed by atoms with E-state index in [1.54, 1.807) is 6.92 Å². The summed E-state index contributed by atoms with van der Waals surface area (Å²) in [6.07, 6.45) is 5.60. The molecule has 2 aromatic rings. The number of likely N-dealkylation sites (tertiary alicyclic amines) is 1. The number of aromatic nitrogens is 2. The van der Waals surface area contributed by atoms with Crippen molar-refractivity contribution in [3.8, 4) is 0 Å². The van der Waals surface area contributed by atoms with E-state index in [1.165, 1.54) is 42.7 Å². The van der Waals surface area contributed by atoms with Gasteiger partial charge in [-0.2, -0.15) is 0 Å². The number of benzene rings is 1. The van der Waals surface area contributed by atoms with Gasteiger partial charge in [0, 0.05) is 77.0 Å². The van der Waals surface area contributed by atoms with Gasteiger partial charge in [0.25, 0.3) is 0 Å². The number of fused-ring (bicyclic) bond motifs is 1. The molecule has 7 nitrogen and oxygen atoms in total. The van der Waals surface area contributed by atoms with Crippen molar-refractivity contribution in [3.05, 3.63) is 46.9 Å². The van der Waals surface area contributed by atoms with Crippen LogP contribution >= 0.6 is 0 Å². The number of carbonyl (C=O) groups excluding carboxylic acids is 1. The Kier molecular flexibility index (Phi) is 6.49. The van der Waals surface area contributed by atoms with E-state index in [0.29, 0.717) is 0 Å². The summed E-state index contributed by atoms with van der Waals surface area (Å²) < 4.78 is 0. The molecule has 1 aromatic carbocycles. The van der Waals surface area contributed by atoms with Gasteiger partial charge in [0.15, 0.2) is 0 Å². The minimum absolute atomic E-state index is 0.148. The molecule has 0 aliphatic carbocycles. The Hall–Kier alpha value is -2.67. The van der Waals surface area contributed by atoms with Crippen LogP contribution in [0.1, 0.15) is 61.2 Å². The van der Waals surface area contributed by atoms with Gasteiger partial charge in [-0.15, -0.1) is 0 Å². The first-order chi connectivity index (χ1) is 16.1. The Morgan fingerprint density at radius 2 is 1.91 bits per heavy atom. The molecule has 5 rings (SSSR count). The second-order valence-corrected chi connectivity index (χ2v) is 9.69. The van der Waals surface area contributed by atoms with Crippen LogP contribution in [0.25, 0.3) is 0 Å². The molecule has 0 radical (unpaired) electrons. The summed E-state index contributed by atoms with van der Waals surface area (Å²) in [5, 5.41) is 3.32. The van der Waals surface area contributed by atoms with Crippen LogP contribution in [-0.2, 0) is 24.3 Å². The number of rotatable bonds is 5. The molecule has 1 atom stereocenters. The lowest BCUT2D eigenvalue weighted by Gasteiger charge is -2.33. The van der Waals surface area contributed by atoms with Crippen molar-refractivity contribution in [1.29, 1.82) is 0 Å². The molecule has 3 aliphatic heterocycles. The SMILES string of the molecule is CNc1nc([C@@H]2CCCN(C(C)=O)C2)nc2c1CCN(Cc1ccccc1N1CCCC1)C2. The molecule has 7 heteroatoms. The number of amides is 1. The zero-order valence-electron chi connectivity index (χ0n) is 20.0. The summed E-state index contributed by atoms with van der Waals surface area (Å²) in [5.74, 6) is 2.22. The van der Waals surface area contributed by atoms with E-state index in [0.717, 1.165) is 69.3 Å². The number of hydrogen-bond acceptors (Lipinski definition) is 6. The molecule has 0 unspecified atom stereocenters. The van der Waals surface area contributed by atoms with Gasteiger partial charge in [-0.3, -0.25) is 9.69 Å². The average molecular weight is 449 g/mol.